The molecule has 0 atom stereocenters. The Labute approximate surface area is 198 Å². The third kappa shape index (κ3) is 10.1. The second-order valence-corrected chi connectivity index (χ2v) is 9.68. The molecular formula is C27H38N2O2S. The third-order valence-corrected chi connectivity index (χ3v) is 6.82. The molecular weight excluding hydrogens is 416 g/mol. The first-order chi connectivity index (χ1) is 15.8. The highest BCUT2D eigenvalue weighted by atomic mass is 32.2. The van der Waals surface area contributed by atoms with E-state index < -0.39 is 0 Å². The van der Waals surface area contributed by atoms with Crippen LogP contribution in [0.25, 0.3) is 0 Å². The van der Waals surface area contributed by atoms with Crippen LogP contribution in [0.15, 0.2) is 59.5 Å². The quantitative estimate of drug-likeness (QED) is 0.285. The van der Waals surface area contributed by atoms with Crippen molar-refractivity contribution in [1.82, 2.24) is 10.2 Å². The molecule has 0 unspecified atom stereocenters. The average Bonchev–Trinajstić information content (AvgIpc) is 2.83. The molecule has 0 aromatic heterocycles. The summed E-state index contributed by atoms with van der Waals surface area (Å²) in [6.07, 6.45) is 8.66. The maximum absolute atomic E-state index is 12.0. The number of hydrogen-bond acceptors (Lipinski definition) is 4. The van der Waals surface area contributed by atoms with Gasteiger partial charge >= 0.3 is 0 Å². The molecule has 1 fully saturated rings. The third-order valence-electron chi connectivity index (χ3n) is 5.73. The van der Waals surface area contributed by atoms with Gasteiger partial charge in [0.15, 0.2) is 0 Å². The van der Waals surface area contributed by atoms with Crippen LogP contribution < -0.4 is 10.1 Å². The lowest BCUT2D eigenvalue weighted by atomic mass is 10.1. The van der Waals surface area contributed by atoms with Crippen molar-refractivity contribution < 1.29 is 9.53 Å². The number of hydrogen-bond donors (Lipinski definition) is 1. The Bertz CT molecular complexity index is 778. The van der Waals surface area contributed by atoms with Crippen molar-refractivity contribution >= 4 is 17.7 Å². The van der Waals surface area contributed by atoms with Crippen LogP contribution >= 0.6 is 11.8 Å². The topological polar surface area (TPSA) is 41.6 Å². The highest BCUT2D eigenvalue weighted by Gasteiger charge is 2.10. The van der Waals surface area contributed by atoms with Gasteiger partial charge in [0, 0.05) is 24.4 Å². The number of likely N-dealkylation sites (tertiary alicyclic amines) is 1. The number of amides is 1. The smallest absolute Gasteiger partial charge is 0.219 e. The van der Waals surface area contributed by atoms with E-state index in [0.717, 1.165) is 43.7 Å². The van der Waals surface area contributed by atoms with Crippen LogP contribution in [0.4, 0.5) is 0 Å². The maximum atomic E-state index is 12.0. The van der Waals surface area contributed by atoms with Crippen molar-refractivity contribution in [2.75, 3.05) is 32.0 Å². The summed E-state index contributed by atoms with van der Waals surface area (Å²) in [6, 6.07) is 18.9. The van der Waals surface area contributed by atoms with Gasteiger partial charge in [-0.25, -0.2) is 0 Å². The summed E-state index contributed by atoms with van der Waals surface area (Å²) >= 11 is 1.89. The summed E-state index contributed by atoms with van der Waals surface area (Å²) in [5.74, 6) is 2.20. The molecule has 1 aliphatic heterocycles. The highest BCUT2D eigenvalue weighted by Crippen LogP contribution is 2.19. The fourth-order valence-corrected chi connectivity index (χ4v) is 4.89. The van der Waals surface area contributed by atoms with Crippen LogP contribution in [0.3, 0.4) is 0 Å². The number of nitrogens with zero attached hydrogens (tertiary/aromatic N) is 1. The highest BCUT2D eigenvalue weighted by molar-refractivity contribution is 7.99. The first-order valence-electron chi connectivity index (χ1n) is 12.2. The maximum Gasteiger partial charge on any atom is 0.219 e. The van der Waals surface area contributed by atoms with E-state index in [2.05, 4.69) is 52.7 Å². The molecule has 4 nitrogen and oxygen atoms in total. The molecule has 2 aromatic rings. The van der Waals surface area contributed by atoms with Crippen molar-refractivity contribution in [2.45, 2.75) is 62.8 Å². The normalized spacial score (nSPS) is 14.2. The van der Waals surface area contributed by atoms with Crippen LogP contribution in [0, 0.1) is 0 Å². The molecule has 32 heavy (non-hydrogen) atoms. The van der Waals surface area contributed by atoms with E-state index in [1.165, 1.54) is 42.8 Å². The molecule has 1 saturated heterocycles. The van der Waals surface area contributed by atoms with E-state index >= 15 is 0 Å². The summed E-state index contributed by atoms with van der Waals surface area (Å²) in [7, 11) is 0. The van der Waals surface area contributed by atoms with Gasteiger partial charge < -0.3 is 10.1 Å². The predicted molar refractivity (Wildman–Crippen MR) is 134 cm³/mol. The van der Waals surface area contributed by atoms with Crippen molar-refractivity contribution in [3.05, 3.63) is 60.2 Å². The van der Waals surface area contributed by atoms with Crippen molar-refractivity contribution in [1.29, 1.82) is 0 Å². The van der Waals surface area contributed by atoms with Gasteiger partial charge in [0.25, 0.3) is 0 Å². The predicted octanol–water partition coefficient (Wildman–Crippen LogP) is 5.91. The Morgan fingerprint density at radius 2 is 1.78 bits per heavy atom. The summed E-state index contributed by atoms with van der Waals surface area (Å²) in [4.78, 5) is 15.9. The monoisotopic (exact) mass is 454 g/mol. The Morgan fingerprint density at radius 3 is 2.62 bits per heavy atom. The average molecular weight is 455 g/mol. The number of thioether (sulfide) groups is 1. The molecule has 3 rings (SSSR count). The largest absolute Gasteiger partial charge is 0.494 e. The lowest BCUT2D eigenvalue weighted by molar-refractivity contribution is -0.121. The molecule has 0 saturated carbocycles. The van der Waals surface area contributed by atoms with Gasteiger partial charge in [0.2, 0.25) is 5.91 Å². The molecule has 174 valence electrons. The van der Waals surface area contributed by atoms with Gasteiger partial charge in [-0.1, -0.05) is 43.2 Å². The lowest BCUT2D eigenvalue weighted by Gasteiger charge is -2.26. The van der Waals surface area contributed by atoms with Gasteiger partial charge in [-0.05, 0) is 80.8 Å². The molecule has 1 aliphatic rings. The summed E-state index contributed by atoms with van der Waals surface area (Å²) < 4.78 is 5.91. The first-order valence-corrected chi connectivity index (χ1v) is 13.2. The zero-order chi connectivity index (χ0) is 22.3. The molecule has 0 aliphatic carbocycles. The summed E-state index contributed by atoms with van der Waals surface area (Å²) in [5.41, 5.74) is 1.32. The second-order valence-electron chi connectivity index (χ2n) is 8.51. The van der Waals surface area contributed by atoms with Gasteiger partial charge in [-0.3, -0.25) is 9.69 Å². The minimum absolute atomic E-state index is 0.157. The molecule has 2 aromatic carbocycles. The first kappa shape index (κ1) is 24.7. The van der Waals surface area contributed by atoms with Crippen LogP contribution in [0.1, 0.15) is 56.9 Å². The number of ether oxygens (including phenoxy) is 1. The molecule has 0 bridgehead atoms. The van der Waals surface area contributed by atoms with E-state index in [0.29, 0.717) is 19.6 Å². The Kier molecular flexibility index (Phi) is 11.5. The van der Waals surface area contributed by atoms with Gasteiger partial charge in [-0.15, -0.1) is 11.8 Å². The summed E-state index contributed by atoms with van der Waals surface area (Å²) in [5, 5.41) is 3.02. The number of nitrogens with one attached hydrogen (secondary N) is 1. The summed E-state index contributed by atoms with van der Waals surface area (Å²) in [6.45, 7) is 4.73. The minimum Gasteiger partial charge on any atom is -0.494 e. The van der Waals surface area contributed by atoms with E-state index in [-0.39, 0.29) is 5.91 Å². The fraction of sp³-hybridized carbons (Fsp3) is 0.519. The molecule has 0 radical (unpaired) electrons. The van der Waals surface area contributed by atoms with Gasteiger partial charge in [0.1, 0.15) is 5.75 Å². The van der Waals surface area contributed by atoms with Crippen molar-refractivity contribution in [3.63, 3.8) is 0 Å². The van der Waals surface area contributed by atoms with Crippen molar-refractivity contribution in [2.24, 2.45) is 0 Å². The zero-order valence-corrected chi connectivity index (χ0v) is 20.1. The minimum atomic E-state index is 0.157. The van der Waals surface area contributed by atoms with E-state index in [1.54, 1.807) is 0 Å². The van der Waals surface area contributed by atoms with Crippen LogP contribution in [-0.4, -0.2) is 42.8 Å². The van der Waals surface area contributed by atoms with Crippen molar-refractivity contribution in [3.8, 4) is 5.75 Å². The van der Waals surface area contributed by atoms with E-state index in [1.807, 2.05) is 23.9 Å². The number of piperidine rings is 1. The SMILES string of the molecule is O=C(CCCCCSc1ccccc1)NCCCOc1cccc(CN2CCCCC2)c1. The fourth-order valence-electron chi connectivity index (χ4n) is 3.96. The van der Waals surface area contributed by atoms with Crippen LogP contribution in [-0.2, 0) is 11.3 Å². The number of unbranched alkanes of at least 4 members (excludes halogenated alkanes) is 2. The Balaban J connectivity index is 1.18. The van der Waals surface area contributed by atoms with Crippen LogP contribution in [0.5, 0.6) is 5.75 Å². The molecule has 1 N–H and O–H groups in total. The molecule has 1 amide bonds. The Morgan fingerprint density at radius 1 is 0.938 bits per heavy atom. The zero-order valence-electron chi connectivity index (χ0n) is 19.3. The lowest BCUT2D eigenvalue weighted by Crippen LogP contribution is -2.29. The van der Waals surface area contributed by atoms with Gasteiger partial charge in [-0.2, -0.15) is 0 Å². The van der Waals surface area contributed by atoms with Crippen LogP contribution in [0.2, 0.25) is 0 Å². The molecule has 5 heteroatoms. The molecule has 0 spiro atoms. The number of benzene rings is 2. The van der Waals surface area contributed by atoms with E-state index in [9.17, 15) is 4.79 Å². The number of rotatable bonds is 14. The molecule has 1 heterocycles. The number of carbonyl (C=O) groups is 1. The number of carbonyl (C=O) groups excluding carboxylic acids is 1. The van der Waals surface area contributed by atoms with Gasteiger partial charge in [0.05, 0.1) is 6.61 Å². The second kappa shape index (κ2) is 15.0. The van der Waals surface area contributed by atoms with E-state index in [4.69, 9.17) is 4.74 Å². The Hall–Kier alpha value is -1.98. The standard InChI is InChI=1S/C27H38N2O2S/c30-27(16-6-2-9-21-32-26-14-4-1-5-15-26)28-17-11-20-31-25-13-10-12-24(22-25)23-29-18-7-3-8-19-29/h1,4-5,10,12-15,22H,2-3,6-9,11,16-21,23H2,(H,28,30).